The lowest BCUT2D eigenvalue weighted by molar-refractivity contribution is 0.0721. The number of carbonyl (C=O) groups is 1. The van der Waals surface area contributed by atoms with E-state index in [1.165, 1.54) is 16.8 Å². The van der Waals surface area contributed by atoms with E-state index in [1.54, 1.807) is 4.90 Å². The molecule has 3 heterocycles. The van der Waals surface area contributed by atoms with Crippen LogP contribution in [0.5, 0.6) is 0 Å². The van der Waals surface area contributed by atoms with Gasteiger partial charge in [-0.1, -0.05) is 19.1 Å². The summed E-state index contributed by atoms with van der Waals surface area (Å²) in [6.07, 6.45) is 2.57. The van der Waals surface area contributed by atoms with Crippen LogP contribution in [-0.4, -0.2) is 37.1 Å². The van der Waals surface area contributed by atoms with Gasteiger partial charge in [0.05, 0.1) is 17.1 Å². The molecule has 0 saturated carbocycles. The summed E-state index contributed by atoms with van der Waals surface area (Å²) in [5.41, 5.74) is 1.99. The molecule has 1 saturated heterocycles. The molecule has 1 fully saturated rings. The minimum absolute atomic E-state index is 0.0942. The molecule has 0 spiro atoms. The number of likely N-dealkylation sites (tertiary alicyclic amines) is 1. The Morgan fingerprint density at radius 2 is 2.12 bits per heavy atom. The summed E-state index contributed by atoms with van der Waals surface area (Å²) in [4.78, 5) is 34.7. The maximum Gasteiger partial charge on any atom is 0.274 e. The van der Waals surface area contributed by atoms with Crippen LogP contribution in [0, 0.1) is 0 Å². The van der Waals surface area contributed by atoms with Gasteiger partial charge >= 0.3 is 0 Å². The molecule has 1 aliphatic heterocycles. The van der Waals surface area contributed by atoms with Gasteiger partial charge in [-0.15, -0.1) is 0 Å². The van der Waals surface area contributed by atoms with Crippen LogP contribution in [0.3, 0.4) is 0 Å². The highest BCUT2D eigenvalue weighted by molar-refractivity contribution is 5.92. The van der Waals surface area contributed by atoms with E-state index in [9.17, 15) is 9.59 Å². The molecule has 1 aromatic carbocycles. The summed E-state index contributed by atoms with van der Waals surface area (Å²) in [5.74, 6) is 0.650. The topological polar surface area (TPSA) is 83.9 Å². The average Bonchev–Trinajstić information content (AvgIpc) is 3.29. The molecule has 1 amide bonds. The molecule has 26 heavy (non-hydrogen) atoms. The Morgan fingerprint density at radius 3 is 2.92 bits per heavy atom. The molecule has 0 aliphatic carbocycles. The van der Waals surface area contributed by atoms with Crippen LogP contribution in [0.4, 0.5) is 0 Å². The first-order valence-corrected chi connectivity index (χ1v) is 9.01. The van der Waals surface area contributed by atoms with Crippen molar-refractivity contribution in [2.24, 2.45) is 0 Å². The van der Waals surface area contributed by atoms with E-state index in [0.29, 0.717) is 18.8 Å². The van der Waals surface area contributed by atoms with Crippen molar-refractivity contribution in [3.05, 3.63) is 58.3 Å². The average molecular weight is 351 g/mol. The number of aromatic nitrogens is 4. The third-order valence-corrected chi connectivity index (χ3v) is 4.76. The molecule has 2 aromatic heterocycles. The number of imidazole rings is 1. The SMILES string of the molecule is CCCn1nc(C(=O)N2CCC[C@H]2c2nc3ccccc3[nH]2)ccc1=O. The number of rotatable bonds is 4. The van der Waals surface area contributed by atoms with Crippen molar-refractivity contribution in [2.45, 2.75) is 38.8 Å². The zero-order valence-corrected chi connectivity index (χ0v) is 14.7. The Morgan fingerprint density at radius 1 is 1.27 bits per heavy atom. The lowest BCUT2D eigenvalue weighted by atomic mass is 10.2. The number of nitrogens with zero attached hydrogens (tertiary/aromatic N) is 4. The fourth-order valence-electron chi connectivity index (χ4n) is 3.51. The van der Waals surface area contributed by atoms with Gasteiger partial charge in [0.1, 0.15) is 11.5 Å². The van der Waals surface area contributed by atoms with Gasteiger partial charge in [-0.05, 0) is 37.5 Å². The Bertz CT molecular complexity index is 973. The Hall–Kier alpha value is -2.96. The lowest BCUT2D eigenvalue weighted by Gasteiger charge is -2.23. The van der Waals surface area contributed by atoms with Gasteiger partial charge in [0.25, 0.3) is 11.5 Å². The third kappa shape index (κ3) is 2.89. The van der Waals surface area contributed by atoms with E-state index in [0.717, 1.165) is 36.1 Å². The standard InChI is InChI=1S/C19H21N5O2/c1-2-11-24-17(25)10-9-15(22-24)19(26)23-12-5-8-16(23)18-20-13-6-3-4-7-14(13)21-18/h3-4,6-7,9-10,16H,2,5,8,11-12H2,1H3,(H,20,21)/t16-/m0/s1. The molecular weight excluding hydrogens is 330 g/mol. The number of hydrogen-bond donors (Lipinski definition) is 1. The molecule has 4 rings (SSSR count). The zero-order valence-electron chi connectivity index (χ0n) is 14.7. The van der Waals surface area contributed by atoms with Gasteiger partial charge in [0, 0.05) is 19.2 Å². The molecule has 7 heteroatoms. The number of benzene rings is 1. The first-order valence-electron chi connectivity index (χ1n) is 9.01. The second-order valence-corrected chi connectivity index (χ2v) is 6.58. The summed E-state index contributed by atoms with van der Waals surface area (Å²) >= 11 is 0. The van der Waals surface area contributed by atoms with Crippen LogP contribution in [0.1, 0.15) is 48.5 Å². The molecule has 3 aromatic rings. The smallest absolute Gasteiger partial charge is 0.274 e. The molecule has 1 N–H and O–H groups in total. The predicted molar refractivity (Wildman–Crippen MR) is 97.9 cm³/mol. The molecule has 1 aliphatic rings. The number of nitrogens with one attached hydrogen (secondary N) is 1. The second kappa shape index (κ2) is 6.74. The number of aryl methyl sites for hydroxylation is 1. The van der Waals surface area contributed by atoms with Gasteiger partial charge in [-0.2, -0.15) is 5.10 Å². The largest absolute Gasteiger partial charge is 0.340 e. The van der Waals surface area contributed by atoms with E-state index >= 15 is 0 Å². The summed E-state index contributed by atoms with van der Waals surface area (Å²) in [5, 5.41) is 4.26. The number of para-hydroxylation sites is 2. The van der Waals surface area contributed by atoms with Crippen molar-refractivity contribution in [3.8, 4) is 0 Å². The molecule has 0 radical (unpaired) electrons. The Labute approximate surface area is 150 Å². The van der Waals surface area contributed by atoms with Gasteiger partial charge in [-0.3, -0.25) is 9.59 Å². The molecular formula is C19H21N5O2. The number of amides is 1. The molecule has 134 valence electrons. The summed E-state index contributed by atoms with van der Waals surface area (Å²) < 4.78 is 1.36. The normalized spacial score (nSPS) is 17.1. The molecule has 7 nitrogen and oxygen atoms in total. The van der Waals surface area contributed by atoms with Crippen molar-refractivity contribution in [3.63, 3.8) is 0 Å². The monoisotopic (exact) mass is 351 g/mol. The lowest BCUT2D eigenvalue weighted by Crippen LogP contribution is -2.34. The molecule has 1 atom stereocenters. The number of aromatic amines is 1. The fraction of sp³-hybridized carbons (Fsp3) is 0.368. The van der Waals surface area contributed by atoms with Crippen LogP contribution in [-0.2, 0) is 6.54 Å². The summed E-state index contributed by atoms with van der Waals surface area (Å²) in [7, 11) is 0. The highest BCUT2D eigenvalue weighted by Crippen LogP contribution is 2.32. The van der Waals surface area contributed by atoms with E-state index < -0.39 is 0 Å². The van der Waals surface area contributed by atoms with Crippen LogP contribution in [0.15, 0.2) is 41.2 Å². The van der Waals surface area contributed by atoms with Gasteiger partial charge in [0.15, 0.2) is 0 Å². The maximum atomic E-state index is 13.0. The number of hydrogen-bond acceptors (Lipinski definition) is 4. The fourth-order valence-corrected chi connectivity index (χ4v) is 3.51. The van der Waals surface area contributed by atoms with Crippen LogP contribution < -0.4 is 5.56 Å². The van der Waals surface area contributed by atoms with Crippen molar-refractivity contribution < 1.29 is 4.79 Å². The maximum absolute atomic E-state index is 13.0. The number of carbonyl (C=O) groups excluding carboxylic acids is 1. The van der Waals surface area contributed by atoms with Gasteiger partial charge < -0.3 is 9.88 Å². The van der Waals surface area contributed by atoms with Crippen LogP contribution >= 0.6 is 0 Å². The summed E-state index contributed by atoms with van der Waals surface area (Å²) in [6.45, 7) is 3.14. The third-order valence-electron chi connectivity index (χ3n) is 4.76. The molecule has 0 bridgehead atoms. The minimum atomic E-state index is -0.182. The highest BCUT2D eigenvalue weighted by Gasteiger charge is 2.33. The van der Waals surface area contributed by atoms with Crippen LogP contribution in [0.2, 0.25) is 0 Å². The van der Waals surface area contributed by atoms with Crippen molar-refractivity contribution in [2.75, 3.05) is 6.54 Å². The first-order chi connectivity index (χ1) is 12.7. The van der Waals surface area contributed by atoms with Gasteiger partial charge in [0.2, 0.25) is 0 Å². The predicted octanol–water partition coefficient (Wildman–Crippen LogP) is 2.51. The highest BCUT2D eigenvalue weighted by atomic mass is 16.2. The first kappa shape index (κ1) is 16.5. The Kier molecular flexibility index (Phi) is 4.28. The van der Waals surface area contributed by atoms with Crippen molar-refractivity contribution >= 4 is 16.9 Å². The van der Waals surface area contributed by atoms with E-state index in [-0.39, 0.29) is 17.5 Å². The van der Waals surface area contributed by atoms with Crippen LogP contribution in [0.25, 0.3) is 11.0 Å². The minimum Gasteiger partial charge on any atom is -0.340 e. The molecule has 0 unspecified atom stereocenters. The zero-order chi connectivity index (χ0) is 18.1. The summed E-state index contributed by atoms with van der Waals surface area (Å²) in [6, 6.07) is 10.7. The Balaban J connectivity index is 1.64. The number of fused-ring (bicyclic) bond motifs is 1. The van der Waals surface area contributed by atoms with E-state index in [4.69, 9.17) is 0 Å². The second-order valence-electron chi connectivity index (χ2n) is 6.58. The number of H-pyrrole nitrogens is 1. The van der Waals surface area contributed by atoms with Crippen molar-refractivity contribution in [1.29, 1.82) is 0 Å². The van der Waals surface area contributed by atoms with E-state index in [1.807, 2.05) is 31.2 Å². The van der Waals surface area contributed by atoms with Gasteiger partial charge in [-0.25, -0.2) is 9.67 Å². The quantitative estimate of drug-likeness (QED) is 0.783. The van der Waals surface area contributed by atoms with Crippen molar-refractivity contribution in [1.82, 2.24) is 24.6 Å². The van der Waals surface area contributed by atoms with E-state index in [2.05, 4.69) is 15.1 Å².